The number of hydrogen-bond donors (Lipinski definition) is 1. The number of halogens is 6. The van der Waals surface area contributed by atoms with Gasteiger partial charge in [-0.3, -0.25) is 9.69 Å². The van der Waals surface area contributed by atoms with Gasteiger partial charge < -0.3 is 5.32 Å². The Bertz CT molecular complexity index is 994. The summed E-state index contributed by atoms with van der Waals surface area (Å²) in [6, 6.07) is 3.48. The molecule has 0 radical (unpaired) electrons. The van der Waals surface area contributed by atoms with E-state index in [0.717, 1.165) is 16.0 Å². The van der Waals surface area contributed by atoms with E-state index < -0.39 is 29.6 Å². The van der Waals surface area contributed by atoms with Crippen LogP contribution in [0.4, 0.5) is 22.0 Å². The molecule has 1 aromatic carbocycles. The number of benzene rings is 1. The van der Waals surface area contributed by atoms with E-state index in [4.69, 9.17) is 11.6 Å². The lowest BCUT2D eigenvalue weighted by molar-refractivity contribution is -0.0629. The number of thiazole rings is 1. The summed E-state index contributed by atoms with van der Waals surface area (Å²) in [6.45, 7) is 0.285. The summed E-state index contributed by atoms with van der Waals surface area (Å²) < 4.78 is 68.7. The third kappa shape index (κ3) is 5.88. The number of alkyl halides is 4. The summed E-state index contributed by atoms with van der Waals surface area (Å²) >= 11 is 7.35. The minimum atomic E-state index is -2.74. The fourth-order valence-electron chi connectivity index (χ4n) is 4.50. The van der Waals surface area contributed by atoms with Gasteiger partial charge in [0.1, 0.15) is 5.82 Å². The molecule has 2 aromatic rings. The van der Waals surface area contributed by atoms with E-state index >= 15 is 0 Å². The SMILES string of the molecule is O=C(NCC(c1cnc(C2CCC(F)(F)CC2)s1)N1CCC(F)(F)CC1)c1c(F)cccc1Cl. The molecule has 1 saturated carbocycles. The summed E-state index contributed by atoms with van der Waals surface area (Å²) in [7, 11) is 0. The molecule has 1 aliphatic heterocycles. The molecule has 1 amide bonds. The minimum absolute atomic E-state index is 0.0270. The maximum atomic E-state index is 14.2. The first-order chi connectivity index (χ1) is 16.0. The Balaban J connectivity index is 1.51. The van der Waals surface area contributed by atoms with E-state index in [1.54, 1.807) is 6.20 Å². The zero-order chi connectivity index (χ0) is 24.5. The molecule has 1 saturated heterocycles. The lowest BCUT2D eigenvalue weighted by atomic mass is 9.87. The monoisotopic (exact) mass is 521 g/mol. The number of hydrogen-bond acceptors (Lipinski definition) is 4. The van der Waals surface area contributed by atoms with Crippen LogP contribution in [0.25, 0.3) is 0 Å². The van der Waals surface area contributed by atoms with Crippen LogP contribution in [0.3, 0.4) is 0 Å². The first-order valence-electron chi connectivity index (χ1n) is 11.2. The second-order valence-corrected chi connectivity index (χ2v) is 10.4. The zero-order valence-corrected chi connectivity index (χ0v) is 19.9. The molecule has 0 spiro atoms. The Kier molecular flexibility index (Phi) is 7.50. The van der Waals surface area contributed by atoms with Crippen molar-refractivity contribution in [3.63, 3.8) is 0 Å². The quantitative estimate of drug-likeness (QED) is 0.445. The molecule has 1 N–H and O–H groups in total. The lowest BCUT2D eigenvalue weighted by Gasteiger charge is -2.37. The van der Waals surface area contributed by atoms with Gasteiger partial charge >= 0.3 is 0 Å². The van der Waals surface area contributed by atoms with Crippen molar-refractivity contribution in [2.45, 2.75) is 62.3 Å². The average molecular weight is 522 g/mol. The van der Waals surface area contributed by atoms with Crippen molar-refractivity contribution in [3.8, 4) is 0 Å². The Morgan fingerprint density at radius 1 is 1.15 bits per heavy atom. The molecule has 2 fully saturated rings. The lowest BCUT2D eigenvalue weighted by Crippen LogP contribution is -2.45. The highest BCUT2D eigenvalue weighted by molar-refractivity contribution is 7.11. The molecule has 4 nitrogen and oxygen atoms in total. The van der Waals surface area contributed by atoms with E-state index in [1.807, 2.05) is 4.90 Å². The Labute approximate surface area is 203 Å². The molecule has 1 unspecified atom stereocenters. The molecule has 1 aliphatic carbocycles. The molecule has 1 aromatic heterocycles. The molecule has 2 aliphatic rings. The standard InChI is InChI=1S/C23H25ClF5N3OS/c24-15-2-1-3-16(25)19(15)20(33)30-12-17(32-10-8-23(28,29)9-11-32)18-13-31-21(34-18)14-4-6-22(26,27)7-5-14/h1-3,13-14,17H,4-12H2,(H,30,33). The number of amides is 1. The number of aromatic nitrogens is 1. The smallest absolute Gasteiger partial charge is 0.255 e. The van der Waals surface area contributed by atoms with E-state index in [0.29, 0.717) is 12.8 Å². The number of carbonyl (C=O) groups is 1. The van der Waals surface area contributed by atoms with Crippen molar-refractivity contribution in [2.24, 2.45) is 0 Å². The van der Waals surface area contributed by atoms with E-state index in [2.05, 4.69) is 10.3 Å². The Hall–Kier alpha value is -1.78. The fraction of sp³-hybridized carbons (Fsp3) is 0.565. The van der Waals surface area contributed by atoms with E-state index in [1.165, 1.54) is 23.5 Å². The van der Waals surface area contributed by atoms with E-state index in [9.17, 15) is 26.7 Å². The van der Waals surface area contributed by atoms with Crippen LogP contribution in [0.5, 0.6) is 0 Å². The molecule has 186 valence electrons. The van der Waals surface area contributed by atoms with Gasteiger partial charge in [0.15, 0.2) is 0 Å². The van der Waals surface area contributed by atoms with Crippen LogP contribution in [-0.4, -0.2) is 47.3 Å². The Morgan fingerprint density at radius 3 is 2.44 bits per heavy atom. The molecule has 4 rings (SSSR count). The number of piperidine rings is 1. The molecular formula is C23H25ClF5N3OS. The number of nitrogens with one attached hydrogen (secondary N) is 1. The topological polar surface area (TPSA) is 45.2 Å². The van der Waals surface area contributed by atoms with Crippen molar-refractivity contribution in [2.75, 3.05) is 19.6 Å². The van der Waals surface area contributed by atoms with Crippen molar-refractivity contribution in [1.29, 1.82) is 0 Å². The second-order valence-electron chi connectivity index (χ2n) is 8.95. The van der Waals surface area contributed by atoms with Gasteiger partial charge in [-0.15, -0.1) is 11.3 Å². The van der Waals surface area contributed by atoms with Crippen molar-refractivity contribution in [1.82, 2.24) is 15.2 Å². The van der Waals surface area contributed by atoms with Crippen molar-refractivity contribution in [3.05, 3.63) is 50.7 Å². The van der Waals surface area contributed by atoms with Gasteiger partial charge in [-0.2, -0.15) is 0 Å². The van der Waals surface area contributed by atoms with Crippen molar-refractivity contribution >= 4 is 28.8 Å². The van der Waals surface area contributed by atoms with Gasteiger partial charge in [-0.25, -0.2) is 26.9 Å². The van der Waals surface area contributed by atoms with Gasteiger partial charge in [-0.1, -0.05) is 17.7 Å². The minimum Gasteiger partial charge on any atom is -0.350 e. The van der Waals surface area contributed by atoms with Crippen LogP contribution < -0.4 is 5.32 Å². The molecule has 2 heterocycles. The van der Waals surface area contributed by atoms with Crippen LogP contribution in [0.15, 0.2) is 24.4 Å². The molecular weight excluding hydrogens is 497 g/mol. The molecule has 0 bridgehead atoms. The maximum Gasteiger partial charge on any atom is 0.255 e. The highest BCUT2D eigenvalue weighted by Crippen LogP contribution is 2.43. The van der Waals surface area contributed by atoms with Crippen LogP contribution in [0, 0.1) is 5.82 Å². The molecule has 1 atom stereocenters. The fourth-order valence-corrected chi connectivity index (χ4v) is 5.97. The van der Waals surface area contributed by atoms with Crippen LogP contribution in [-0.2, 0) is 0 Å². The van der Waals surface area contributed by atoms with Crippen LogP contribution in [0.1, 0.15) is 70.7 Å². The summed E-state index contributed by atoms with van der Waals surface area (Å²) in [5.41, 5.74) is -0.277. The summed E-state index contributed by atoms with van der Waals surface area (Å²) in [6.07, 6.45) is 1.33. The van der Waals surface area contributed by atoms with Crippen LogP contribution in [0.2, 0.25) is 5.02 Å². The van der Waals surface area contributed by atoms with Gasteiger partial charge in [-0.05, 0) is 25.0 Å². The number of nitrogens with zero attached hydrogens (tertiary/aromatic N) is 2. The predicted octanol–water partition coefficient (Wildman–Crippen LogP) is 6.43. The average Bonchev–Trinajstić information content (AvgIpc) is 3.24. The third-order valence-corrected chi connectivity index (χ3v) is 8.13. The van der Waals surface area contributed by atoms with Crippen molar-refractivity contribution < 1.29 is 26.7 Å². The normalized spacial score (nSPS) is 21.8. The number of rotatable bonds is 6. The highest BCUT2D eigenvalue weighted by atomic mass is 35.5. The van der Waals surface area contributed by atoms with E-state index in [-0.39, 0.29) is 61.8 Å². The second kappa shape index (κ2) is 10.1. The number of likely N-dealkylation sites (tertiary alicyclic amines) is 1. The third-order valence-electron chi connectivity index (χ3n) is 6.55. The summed E-state index contributed by atoms with van der Waals surface area (Å²) in [5.74, 6) is -6.91. The van der Waals surface area contributed by atoms with Gasteiger partial charge in [0.25, 0.3) is 11.8 Å². The molecule has 11 heteroatoms. The molecule has 34 heavy (non-hydrogen) atoms. The maximum absolute atomic E-state index is 14.2. The zero-order valence-electron chi connectivity index (χ0n) is 18.3. The summed E-state index contributed by atoms with van der Waals surface area (Å²) in [5, 5.41) is 3.39. The largest absolute Gasteiger partial charge is 0.350 e. The van der Waals surface area contributed by atoms with Gasteiger partial charge in [0.2, 0.25) is 5.92 Å². The van der Waals surface area contributed by atoms with Crippen LogP contribution >= 0.6 is 22.9 Å². The first-order valence-corrected chi connectivity index (χ1v) is 12.4. The van der Waals surface area contributed by atoms with Gasteiger partial charge in [0, 0.05) is 62.3 Å². The van der Waals surface area contributed by atoms with Gasteiger partial charge in [0.05, 0.1) is 21.6 Å². The summed E-state index contributed by atoms with van der Waals surface area (Å²) in [4.78, 5) is 19.7. The first kappa shape index (κ1) is 25.3. The number of carbonyl (C=O) groups excluding carboxylic acids is 1. The highest BCUT2D eigenvalue weighted by Gasteiger charge is 2.39. The Morgan fingerprint density at radius 2 is 1.79 bits per heavy atom. The predicted molar refractivity (Wildman–Crippen MR) is 121 cm³/mol.